The van der Waals surface area contributed by atoms with Crippen LogP contribution in [0.3, 0.4) is 0 Å². The number of amides is 1. The highest BCUT2D eigenvalue weighted by atomic mass is 19.1. The van der Waals surface area contributed by atoms with Crippen molar-refractivity contribution < 1.29 is 24.0 Å². The highest BCUT2D eigenvalue weighted by Crippen LogP contribution is 2.37. The number of ether oxygens (including phenoxy) is 1. The van der Waals surface area contributed by atoms with Crippen molar-refractivity contribution in [1.82, 2.24) is 0 Å². The highest BCUT2D eigenvalue weighted by Gasteiger charge is 2.29. The van der Waals surface area contributed by atoms with E-state index in [4.69, 9.17) is 9.84 Å². The predicted molar refractivity (Wildman–Crippen MR) is 106 cm³/mol. The zero-order chi connectivity index (χ0) is 21.0. The van der Waals surface area contributed by atoms with E-state index in [-0.39, 0.29) is 24.3 Å². The number of aliphatic hydroxyl groups is 1. The van der Waals surface area contributed by atoms with Crippen LogP contribution in [0.25, 0.3) is 0 Å². The zero-order valence-electron chi connectivity index (χ0n) is 16.1. The van der Waals surface area contributed by atoms with Crippen molar-refractivity contribution in [3.63, 3.8) is 0 Å². The number of non-ortho nitro benzene ring substituents is 1. The maximum absolute atomic E-state index is 14.0. The lowest BCUT2D eigenvalue weighted by atomic mass is 10.0. The molecule has 0 radical (unpaired) electrons. The third kappa shape index (κ3) is 4.60. The Kier molecular flexibility index (Phi) is 6.56. The summed E-state index contributed by atoms with van der Waals surface area (Å²) in [6.45, 7) is 2.43. The van der Waals surface area contributed by atoms with E-state index in [0.717, 1.165) is 0 Å². The van der Waals surface area contributed by atoms with Gasteiger partial charge in [-0.3, -0.25) is 14.9 Å². The van der Waals surface area contributed by atoms with Crippen LogP contribution in [0.5, 0.6) is 0 Å². The number of hydrogen-bond donors (Lipinski definition) is 1. The van der Waals surface area contributed by atoms with Gasteiger partial charge in [-0.2, -0.15) is 0 Å². The number of carbonyl (C=O) groups is 1. The summed E-state index contributed by atoms with van der Waals surface area (Å²) in [5.74, 6) is -0.707. The average molecular weight is 402 g/mol. The van der Waals surface area contributed by atoms with Crippen LogP contribution in [0.2, 0.25) is 0 Å². The largest absolute Gasteiger partial charge is 0.396 e. The van der Waals surface area contributed by atoms with E-state index in [0.29, 0.717) is 54.8 Å². The fourth-order valence-electron chi connectivity index (χ4n) is 3.56. The molecule has 1 amide bonds. The monoisotopic (exact) mass is 402 g/mol. The molecule has 8 heteroatoms. The normalized spacial score (nSPS) is 16.2. The van der Waals surface area contributed by atoms with Gasteiger partial charge < -0.3 is 14.7 Å². The molecule has 1 heterocycles. The van der Waals surface area contributed by atoms with Crippen LogP contribution in [0.15, 0.2) is 36.4 Å². The summed E-state index contributed by atoms with van der Waals surface area (Å²) in [7, 11) is 0. The summed E-state index contributed by atoms with van der Waals surface area (Å²) < 4.78 is 19.8. The molecule has 0 aliphatic carbocycles. The van der Waals surface area contributed by atoms with Gasteiger partial charge in [-0.25, -0.2) is 4.39 Å². The molecule has 1 aliphatic rings. The Bertz CT molecular complexity index is 918. The average Bonchev–Trinajstić information content (AvgIpc) is 2.87. The van der Waals surface area contributed by atoms with Gasteiger partial charge in [0, 0.05) is 48.7 Å². The fraction of sp³-hybridized carbons (Fsp3) is 0.381. The molecule has 0 saturated carbocycles. The number of halogens is 1. The van der Waals surface area contributed by atoms with Crippen LogP contribution in [-0.2, 0) is 4.74 Å². The number of nitrogens with zero attached hydrogens (tertiary/aromatic N) is 2. The van der Waals surface area contributed by atoms with Crippen molar-refractivity contribution in [2.24, 2.45) is 0 Å². The Morgan fingerprint density at radius 3 is 2.83 bits per heavy atom. The number of nitro benzene ring substituents is 1. The van der Waals surface area contributed by atoms with Gasteiger partial charge in [0.15, 0.2) is 0 Å². The van der Waals surface area contributed by atoms with Crippen LogP contribution < -0.4 is 4.90 Å². The van der Waals surface area contributed by atoms with E-state index >= 15 is 0 Å². The molecule has 1 N–H and O–H groups in total. The molecule has 0 saturated heterocycles. The van der Waals surface area contributed by atoms with E-state index < -0.39 is 10.7 Å². The summed E-state index contributed by atoms with van der Waals surface area (Å²) in [5.41, 5.74) is 1.96. The van der Waals surface area contributed by atoms with Crippen molar-refractivity contribution >= 4 is 17.3 Å². The van der Waals surface area contributed by atoms with E-state index in [9.17, 15) is 19.3 Å². The van der Waals surface area contributed by atoms with Gasteiger partial charge in [-0.1, -0.05) is 0 Å². The molecule has 3 rings (SSSR count). The molecule has 1 atom stereocenters. The maximum Gasteiger partial charge on any atom is 0.269 e. The Hall–Kier alpha value is -2.84. The van der Waals surface area contributed by atoms with Gasteiger partial charge in [-0.15, -0.1) is 0 Å². The molecule has 154 valence electrons. The minimum absolute atomic E-state index is 0.00671. The van der Waals surface area contributed by atoms with Gasteiger partial charge >= 0.3 is 0 Å². The first-order valence-corrected chi connectivity index (χ1v) is 9.51. The van der Waals surface area contributed by atoms with Gasteiger partial charge in [0.2, 0.25) is 0 Å². The smallest absolute Gasteiger partial charge is 0.269 e. The lowest BCUT2D eigenvalue weighted by Gasteiger charge is -2.25. The number of nitro groups is 1. The second-order valence-corrected chi connectivity index (χ2v) is 7.00. The van der Waals surface area contributed by atoms with Gasteiger partial charge in [0.25, 0.3) is 11.6 Å². The zero-order valence-corrected chi connectivity index (χ0v) is 16.1. The Morgan fingerprint density at radius 2 is 2.14 bits per heavy atom. The summed E-state index contributed by atoms with van der Waals surface area (Å²) in [4.78, 5) is 25.3. The second kappa shape index (κ2) is 9.11. The topological polar surface area (TPSA) is 92.9 Å². The Labute approximate surface area is 167 Å². The Balaban J connectivity index is 1.95. The van der Waals surface area contributed by atoms with Crippen LogP contribution in [0.1, 0.15) is 46.9 Å². The molecule has 0 bridgehead atoms. The van der Waals surface area contributed by atoms with Crippen molar-refractivity contribution in [1.29, 1.82) is 0 Å². The first kappa shape index (κ1) is 20.9. The summed E-state index contributed by atoms with van der Waals surface area (Å²) in [5, 5.41) is 19.9. The van der Waals surface area contributed by atoms with Crippen molar-refractivity contribution in [3.05, 3.63) is 69.0 Å². The third-order valence-corrected chi connectivity index (χ3v) is 4.99. The van der Waals surface area contributed by atoms with E-state index in [1.165, 1.54) is 30.3 Å². The predicted octanol–water partition coefficient (Wildman–Crippen LogP) is 3.92. The Morgan fingerprint density at radius 1 is 1.34 bits per heavy atom. The maximum atomic E-state index is 14.0. The summed E-state index contributed by atoms with van der Waals surface area (Å²) in [6.07, 6.45) is 1.37. The van der Waals surface area contributed by atoms with E-state index in [1.54, 1.807) is 17.9 Å². The van der Waals surface area contributed by atoms with Gasteiger partial charge in [0.05, 0.1) is 11.0 Å². The minimum Gasteiger partial charge on any atom is -0.396 e. The fourth-order valence-corrected chi connectivity index (χ4v) is 3.56. The van der Waals surface area contributed by atoms with Crippen LogP contribution in [0.4, 0.5) is 15.8 Å². The molecule has 29 heavy (non-hydrogen) atoms. The quantitative estimate of drug-likeness (QED) is 0.449. The third-order valence-electron chi connectivity index (χ3n) is 4.99. The number of anilines is 1. The first-order chi connectivity index (χ1) is 13.9. The molecular formula is C21H23FN2O5. The second-order valence-electron chi connectivity index (χ2n) is 7.00. The molecule has 0 fully saturated rings. The molecule has 7 nitrogen and oxygen atoms in total. The molecule has 1 unspecified atom stereocenters. The number of aryl methyl sites for hydroxylation is 1. The molecule has 2 aromatic carbocycles. The lowest BCUT2D eigenvalue weighted by molar-refractivity contribution is -0.384. The van der Waals surface area contributed by atoms with Crippen LogP contribution in [-0.4, -0.2) is 35.7 Å². The molecular weight excluding hydrogens is 379 g/mol. The molecule has 1 aliphatic heterocycles. The number of benzene rings is 2. The SMILES string of the molecule is Cc1cc([N+](=O)[O-])ccc1C(=O)N1CCCC(OCCCO)c2cc(F)ccc21. The highest BCUT2D eigenvalue weighted by molar-refractivity contribution is 6.07. The van der Waals surface area contributed by atoms with Crippen molar-refractivity contribution in [2.75, 3.05) is 24.7 Å². The van der Waals surface area contributed by atoms with E-state index in [1.807, 2.05) is 0 Å². The van der Waals surface area contributed by atoms with Gasteiger partial charge in [0.1, 0.15) is 5.82 Å². The van der Waals surface area contributed by atoms with E-state index in [2.05, 4.69) is 0 Å². The number of hydrogen-bond acceptors (Lipinski definition) is 5. The number of aliphatic hydroxyl groups excluding tert-OH is 1. The number of fused-ring (bicyclic) bond motifs is 1. The van der Waals surface area contributed by atoms with Gasteiger partial charge in [-0.05, 0) is 56.0 Å². The van der Waals surface area contributed by atoms with Crippen molar-refractivity contribution in [2.45, 2.75) is 32.3 Å². The van der Waals surface area contributed by atoms with Crippen molar-refractivity contribution in [3.8, 4) is 0 Å². The summed E-state index contributed by atoms with van der Waals surface area (Å²) >= 11 is 0. The standard InChI is InChI=1S/C21H23FN2O5/c1-14-12-16(24(27)28)6-7-17(14)21(26)23-9-2-4-20(29-11-3-10-25)18-13-15(22)5-8-19(18)23/h5-8,12-13,20,25H,2-4,9-11H2,1H3. The minimum atomic E-state index is -0.500. The molecule has 2 aromatic rings. The first-order valence-electron chi connectivity index (χ1n) is 9.51. The lowest BCUT2D eigenvalue weighted by Crippen LogP contribution is -2.32. The number of carbonyl (C=O) groups excluding carboxylic acids is 1. The summed E-state index contributed by atoms with van der Waals surface area (Å²) in [6, 6.07) is 8.39. The number of rotatable bonds is 6. The van der Waals surface area contributed by atoms with Crippen LogP contribution in [0, 0.1) is 22.9 Å². The molecule has 0 spiro atoms. The van der Waals surface area contributed by atoms with Crippen LogP contribution >= 0.6 is 0 Å². The molecule has 0 aromatic heterocycles.